The van der Waals surface area contributed by atoms with E-state index in [1.165, 1.54) is 38.4 Å². The topological polar surface area (TPSA) is 16.3 Å². The number of para-hydroxylation sites is 1. The van der Waals surface area contributed by atoms with Crippen LogP contribution in [0.2, 0.25) is 0 Å². The Bertz CT molecular complexity index is 10100. The van der Waals surface area contributed by atoms with E-state index in [4.69, 9.17) is 0 Å². The predicted octanol–water partition coefficient (Wildman–Crippen LogP) is 38.0. The standard InChI is InChI=1S/C144H111BN4/c1-141(2,3)98-62-58-90(59-63-98)97-80-136-138-137(81-97)149(140-126(120-78-95-42-21-25-46-106(95)110-50-29-33-54-114(110)120)84-101(144(10,11)12)85-127(140)121-79-96-43-22-26-47-107(96)111-51-30-34-55-115(111)121)135-87-103(147-131-71-61-92(89-38-17-14-18-39-89)75-123(131)125-83-100(143(7,8)9)65-73-133(125)147)67-69-129(135)145(138)128-68-66-102(146-130-70-60-91(88-36-15-13-16-37-88)74-122(130)124-82-99(142(4,5)6)64-72-132(124)146)86-134(128)148(136)139-116(118-76-93-40-19-23-44-104(93)108-48-27-31-52-112(108)118)56-35-57-117(139)119-77-94-41-20-24-45-105(94)109-49-28-32-53-113(109)119/h13-87H,1-12H3/i35D,56D,57D. The lowest BCUT2D eigenvalue weighted by Gasteiger charge is -2.46. The van der Waals surface area contributed by atoms with E-state index in [0.29, 0.717) is 16.8 Å². The molecule has 2 aliphatic heterocycles. The van der Waals surface area contributed by atoms with Gasteiger partial charge in [-0.3, -0.25) is 0 Å². The summed E-state index contributed by atoms with van der Waals surface area (Å²) in [5.74, 6) is 0. The summed E-state index contributed by atoms with van der Waals surface area (Å²) in [6, 6.07) is 165. The normalized spacial score (nSPS) is 13.2. The van der Waals surface area contributed by atoms with E-state index in [-0.39, 0.29) is 34.4 Å². The molecule has 24 aromatic carbocycles. The van der Waals surface area contributed by atoms with Gasteiger partial charge in [0.1, 0.15) is 0 Å². The molecule has 0 saturated heterocycles. The van der Waals surface area contributed by atoms with Gasteiger partial charge in [-0.1, -0.05) is 417 Å². The molecule has 26 aromatic rings. The molecule has 0 N–H and O–H groups in total. The molecule has 149 heavy (non-hydrogen) atoms. The number of hydrogen-bond donors (Lipinski definition) is 0. The zero-order valence-corrected chi connectivity index (χ0v) is 85.9. The smallest absolute Gasteiger partial charge is 0.252 e. The fourth-order valence-corrected chi connectivity index (χ4v) is 25.0. The third-order valence-corrected chi connectivity index (χ3v) is 32.6. The molecule has 2 aliphatic rings. The molecule has 710 valence electrons. The van der Waals surface area contributed by atoms with Gasteiger partial charge in [-0.05, 0) is 323 Å². The summed E-state index contributed by atoms with van der Waals surface area (Å²) in [5.41, 5.74) is 32.0. The number of nitrogens with zero attached hydrogens (tertiary/aromatic N) is 4. The van der Waals surface area contributed by atoms with Crippen molar-refractivity contribution in [3.05, 3.63) is 477 Å². The van der Waals surface area contributed by atoms with E-state index in [1.54, 1.807) is 0 Å². The Morgan fingerprint density at radius 2 is 0.483 bits per heavy atom. The van der Waals surface area contributed by atoms with Crippen LogP contribution in [0.5, 0.6) is 0 Å². The summed E-state index contributed by atoms with van der Waals surface area (Å²) in [4.78, 5) is 5.31. The number of aromatic nitrogens is 2. The van der Waals surface area contributed by atoms with Crippen molar-refractivity contribution in [3.8, 4) is 89.3 Å². The first-order valence-corrected chi connectivity index (χ1v) is 52.6. The van der Waals surface area contributed by atoms with Gasteiger partial charge in [0.2, 0.25) is 0 Å². The fraction of sp³-hybridized carbons (Fsp3) is 0.111. The van der Waals surface area contributed by atoms with Crippen molar-refractivity contribution in [1.82, 2.24) is 9.13 Å². The number of anilines is 6. The molecule has 0 unspecified atom stereocenters. The minimum Gasteiger partial charge on any atom is -0.310 e. The van der Waals surface area contributed by atoms with Gasteiger partial charge in [-0.25, -0.2) is 0 Å². The van der Waals surface area contributed by atoms with Crippen molar-refractivity contribution in [1.29, 1.82) is 0 Å². The summed E-state index contributed by atoms with van der Waals surface area (Å²) in [5, 5.41) is 21.8. The van der Waals surface area contributed by atoms with Crippen LogP contribution < -0.4 is 26.2 Å². The minimum absolute atomic E-state index is 0.0536. The zero-order chi connectivity index (χ0) is 103. The van der Waals surface area contributed by atoms with Crippen molar-refractivity contribution in [2.45, 2.75) is 105 Å². The molecule has 0 spiro atoms. The third-order valence-electron chi connectivity index (χ3n) is 32.6. The van der Waals surface area contributed by atoms with Crippen LogP contribution in [0.15, 0.2) is 455 Å². The van der Waals surface area contributed by atoms with Crippen LogP contribution >= 0.6 is 0 Å². The van der Waals surface area contributed by atoms with Crippen molar-refractivity contribution in [3.63, 3.8) is 0 Å². The third kappa shape index (κ3) is 14.3. The number of benzene rings is 24. The SMILES string of the molecule is [2H]c1c([2H])c(-c2cc3ccccc3c3ccccc23)c(N2c3cc(-n4c5ccc(-c6ccccc6)cc5c5cc(C(C)(C)C)ccc54)ccc3B3c4ccc(-n5c6ccc(-c7ccccc7)cc6c6cc(C(C)(C)C)ccc65)cc4N(c4c(-c5cc6ccccc6c6ccccc56)cc(C(C)(C)C)cc4-c4cc5ccccc5c5ccccc45)c4cc(-c5ccc(C(C)(C)C)cc5)cc2c43)c(-c2cc3ccccc3c3ccccc23)c1[2H]. The van der Waals surface area contributed by atoms with Crippen molar-refractivity contribution in [2.75, 3.05) is 9.80 Å². The first-order chi connectivity index (χ1) is 73.7. The summed E-state index contributed by atoms with van der Waals surface area (Å²) >= 11 is 0. The Morgan fingerprint density at radius 3 is 0.839 bits per heavy atom. The van der Waals surface area contributed by atoms with Gasteiger partial charge in [-0.15, -0.1) is 0 Å². The van der Waals surface area contributed by atoms with Crippen LogP contribution in [0.25, 0.3) is 219 Å². The lowest BCUT2D eigenvalue weighted by Crippen LogP contribution is -2.61. The lowest BCUT2D eigenvalue weighted by molar-refractivity contribution is 0.590. The van der Waals surface area contributed by atoms with Gasteiger partial charge in [0.25, 0.3) is 6.71 Å². The summed E-state index contributed by atoms with van der Waals surface area (Å²) in [7, 11) is 0. The Hall–Kier alpha value is -17.4. The van der Waals surface area contributed by atoms with E-state index < -0.39 is 12.1 Å². The van der Waals surface area contributed by atoms with Crippen LogP contribution in [-0.4, -0.2) is 15.8 Å². The summed E-state index contributed by atoms with van der Waals surface area (Å²) in [6.07, 6.45) is 0. The predicted molar refractivity (Wildman–Crippen MR) is 642 cm³/mol. The first-order valence-electron chi connectivity index (χ1n) is 54.1. The van der Waals surface area contributed by atoms with E-state index >= 15 is 0 Å². The molecule has 0 aliphatic carbocycles. The van der Waals surface area contributed by atoms with E-state index in [1.807, 2.05) is 0 Å². The summed E-state index contributed by atoms with van der Waals surface area (Å²) < 4.78 is 39.4. The molecule has 0 radical (unpaired) electrons. The Morgan fingerprint density at radius 1 is 0.195 bits per heavy atom. The molecule has 5 heteroatoms. The van der Waals surface area contributed by atoms with Crippen LogP contribution in [0.1, 0.15) is 109 Å². The molecule has 0 fully saturated rings. The molecule has 0 atom stereocenters. The molecule has 2 aromatic heterocycles. The average Bonchev–Trinajstić information content (AvgIpc) is 0.743. The number of hydrogen-bond acceptors (Lipinski definition) is 2. The quantitative estimate of drug-likeness (QED) is 0.0948. The molecule has 0 bridgehead atoms. The fourth-order valence-electron chi connectivity index (χ4n) is 25.0. The first kappa shape index (κ1) is 86.0. The second-order valence-electron chi connectivity index (χ2n) is 45.6. The van der Waals surface area contributed by atoms with Crippen LogP contribution in [0.3, 0.4) is 0 Å². The van der Waals surface area contributed by atoms with E-state index in [2.05, 4.69) is 539 Å². The molecular weight excluding hydrogens is 1800 g/mol. The van der Waals surface area contributed by atoms with E-state index in [0.717, 1.165) is 237 Å². The zero-order valence-electron chi connectivity index (χ0n) is 88.9. The molecule has 4 nitrogen and oxygen atoms in total. The maximum atomic E-state index is 11.6. The molecular formula is C144H111BN4. The Balaban J connectivity index is 0.857. The average molecular weight is 1910 g/mol. The highest BCUT2D eigenvalue weighted by atomic mass is 15.2. The van der Waals surface area contributed by atoms with Crippen LogP contribution in [0, 0.1) is 0 Å². The maximum absolute atomic E-state index is 11.6. The van der Waals surface area contributed by atoms with Gasteiger partial charge >= 0.3 is 0 Å². The van der Waals surface area contributed by atoms with Gasteiger partial charge < -0.3 is 18.9 Å². The Kier molecular flexibility index (Phi) is 19.4. The van der Waals surface area contributed by atoms with Crippen molar-refractivity contribution >= 4 is 187 Å². The minimum atomic E-state index is -0.570. The van der Waals surface area contributed by atoms with Crippen LogP contribution in [0.4, 0.5) is 34.1 Å². The molecule has 28 rings (SSSR count). The van der Waals surface area contributed by atoms with Crippen LogP contribution in [-0.2, 0) is 21.7 Å². The molecule has 0 saturated carbocycles. The second kappa shape index (κ2) is 33.6. The largest absolute Gasteiger partial charge is 0.310 e. The number of fused-ring (bicyclic) bond motifs is 22. The lowest BCUT2D eigenvalue weighted by atomic mass is 9.33. The number of rotatable bonds is 11. The van der Waals surface area contributed by atoms with E-state index in [9.17, 15) is 4.11 Å². The van der Waals surface area contributed by atoms with Crippen molar-refractivity contribution < 1.29 is 4.11 Å². The summed E-state index contributed by atoms with van der Waals surface area (Å²) in [6.45, 7) is 27.4. The highest BCUT2D eigenvalue weighted by Gasteiger charge is 2.47. The van der Waals surface area contributed by atoms with Gasteiger partial charge in [-0.2, -0.15) is 0 Å². The van der Waals surface area contributed by atoms with Gasteiger partial charge in [0, 0.05) is 77.9 Å². The maximum Gasteiger partial charge on any atom is 0.252 e. The molecule has 0 amide bonds. The van der Waals surface area contributed by atoms with Gasteiger partial charge in [0.15, 0.2) is 0 Å². The monoisotopic (exact) mass is 1910 g/mol. The van der Waals surface area contributed by atoms with Gasteiger partial charge in [0.05, 0.1) is 37.6 Å². The highest BCUT2D eigenvalue weighted by molar-refractivity contribution is 7.00. The Labute approximate surface area is 875 Å². The highest BCUT2D eigenvalue weighted by Crippen LogP contribution is 2.59. The second-order valence-corrected chi connectivity index (χ2v) is 45.6. The van der Waals surface area contributed by atoms with Crippen molar-refractivity contribution in [2.24, 2.45) is 0 Å². The molecule has 4 heterocycles.